The Balaban J connectivity index is 2.75. The summed E-state index contributed by atoms with van der Waals surface area (Å²) in [5, 5.41) is 9.59. The molecule has 0 aliphatic rings. The van der Waals surface area contributed by atoms with E-state index in [1.807, 2.05) is 6.92 Å². The van der Waals surface area contributed by atoms with Gasteiger partial charge < -0.3 is 9.84 Å². The van der Waals surface area contributed by atoms with E-state index in [0.717, 1.165) is 6.42 Å². The van der Waals surface area contributed by atoms with E-state index in [2.05, 4.69) is 9.97 Å². The molecule has 0 aromatic carbocycles. The third-order valence-corrected chi connectivity index (χ3v) is 1.78. The molecule has 1 aromatic heterocycles. The number of hydrogen-bond donors (Lipinski definition) is 1. The van der Waals surface area contributed by atoms with Crippen molar-refractivity contribution >= 4 is 0 Å². The molecule has 0 amide bonds. The first kappa shape index (κ1) is 9.92. The van der Waals surface area contributed by atoms with E-state index in [4.69, 9.17) is 4.74 Å². The molecular weight excluding hydrogens is 168 g/mol. The van der Waals surface area contributed by atoms with Crippen molar-refractivity contribution in [2.24, 2.45) is 0 Å². The van der Waals surface area contributed by atoms with Crippen molar-refractivity contribution in [2.45, 2.75) is 25.9 Å². The van der Waals surface area contributed by atoms with Gasteiger partial charge in [-0.15, -0.1) is 0 Å². The summed E-state index contributed by atoms with van der Waals surface area (Å²) in [7, 11) is 1.54. The van der Waals surface area contributed by atoms with Gasteiger partial charge in [0, 0.05) is 6.07 Å². The van der Waals surface area contributed by atoms with Gasteiger partial charge in [-0.05, 0) is 6.42 Å². The van der Waals surface area contributed by atoms with E-state index in [1.165, 1.54) is 13.4 Å². The molecule has 1 rings (SSSR count). The largest absolute Gasteiger partial charge is 0.481 e. The van der Waals surface area contributed by atoms with Crippen LogP contribution < -0.4 is 4.74 Å². The van der Waals surface area contributed by atoms with Crippen LogP contribution in [0.2, 0.25) is 0 Å². The summed E-state index contributed by atoms with van der Waals surface area (Å²) >= 11 is 0. The molecule has 72 valence electrons. The van der Waals surface area contributed by atoms with Gasteiger partial charge in [-0.1, -0.05) is 13.3 Å². The Morgan fingerprint density at radius 1 is 1.54 bits per heavy atom. The maximum absolute atomic E-state index is 9.59. The Morgan fingerprint density at radius 2 is 2.31 bits per heavy atom. The molecular formula is C9H14N2O2. The van der Waals surface area contributed by atoms with Crippen molar-refractivity contribution in [3.8, 4) is 5.88 Å². The van der Waals surface area contributed by atoms with Gasteiger partial charge in [0.1, 0.15) is 6.33 Å². The van der Waals surface area contributed by atoms with Crippen LogP contribution in [0.1, 0.15) is 31.6 Å². The third-order valence-electron chi connectivity index (χ3n) is 1.78. The highest BCUT2D eigenvalue weighted by molar-refractivity contribution is 5.15. The Labute approximate surface area is 77.6 Å². The minimum Gasteiger partial charge on any atom is -0.481 e. The predicted octanol–water partition coefficient (Wildman–Crippen LogP) is 1.32. The molecule has 0 fully saturated rings. The lowest BCUT2D eigenvalue weighted by atomic mass is 10.1. The molecule has 0 aliphatic carbocycles. The molecule has 4 heteroatoms. The lowest BCUT2D eigenvalue weighted by Gasteiger charge is -2.08. The molecule has 0 saturated carbocycles. The van der Waals surface area contributed by atoms with E-state index in [9.17, 15) is 5.11 Å². The summed E-state index contributed by atoms with van der Waals surface area (Å²) in [5.41, 5.74) is 0.619. The maximum Gasteiger partial charge on any atom is 0.216 e. The minimum absolute atomic E-state index is 0.486. The smallest absolute Gasteiger partial charge is 0.216 e. The topological polar surface area (TPSA) is 55.2 Å². The van der Waals surface area contributed by atoms with Crippen LogP contribution in [0.5, 0.6) is 5.88 Å². The Bertz CT molecular complexity index is 266. The average Bonchev–Trinajstić information content (AvgIpc) is 2.18. The molecule has 1 aromatic rings. The molecule has 0 spiro atoms. The van der Waals surface area contributed by atoms with Crippen molar-refractivity contribution in [3.63, 3.8) is 0 Å². The second kappa shape index (κ2) is 4.77. The van der Waals surface area contributed by atoms with Gasteiger partial charge >= 0.3 is 0 Å². The van der Waals surface area contributed by atoms with Crippen molar-refractivity contribution in [1.82, 2.24) is 9.97 Å². The van der Waals surface area contributed by atoms with Gasteiger partial charge in [-0.2, -0.15) is 0 Å². The summed E-state index contributed by atoms with van der Waals surface area (Å²) in [6.07, 6.45) is 2.52. The number of nitrogens with zero attached hydrogens (tertiary/aromatic N) is 2. The zero-order valence-electron chi connectivity index (χ0n) is 7.90. The SMILES string of the molecule is CCC[C@H](O)c1cc(OC)ncn1. The second-order valence-electron chi connectivity index (χ2n) is 2.79. The summed E-state index contributed by atoms with van der Waals surface area (Å²) < 4.78 is 4.92. The molecule has 0 aliphatic heterocycles. The van der Waals surface area contributed by atoms with Gasteiger partial charge in [0.25, 0.3) is 0 Å². The lowest BCUT2D eigenvalue weighted by molar-refractivity contribution is 0.161. The first-order valence-corrected chi connectivity index (χ1v) is 4.32. The van der Waals surface area contributed by atoms with E-state index >= 15 is 0 Å². The molecule has 1 heterocycles. The number of aromatic nitrogens is 2. The number of rotatable bonds is 4. The normalized spacial score (nSPS) is 12.5. The van der Waals surface area contributed by atoms with Crippen LogP contribution in [0.15, 0.2) is 12.4 Å². The summed E-state index contributed by atoms with van der Waals surface area (Å²) in [6, 6.07) is 1.65. The third kappa shape index (κ3) is 2.66. The number of hydrogen-bond acceptors (Lipinski definition) is 4. The minimum atomic E-state index is -0.512. The molecule has 4 nitrogen and oxygen atoms in total. The quantitative estimate of drug-likeness (QED) is 0.763. The molecule has 0 saturated heterocycles. The van der Waals surface area contributed by atoms with Gasteiger partial charge in [0.2, 0.25) is 5.88 Å². The Morgan fingerprint density at radius 3 is 2.92 bits per heavy atom. The summed E-state index contributed by atoms with van der Waals surface area (Å²) in [6.45, 7) is 2.02. The van der Waals surface area contributed by atoms with E-state index in [-0.39, 0.29) is 0 Å². The number of aliphatic hydroxyl groups is 1. The van der Waals surface area contributed by atoms with Crippen LogP contribution in [0.3, 0.4) is 0 Å². The summed E-state index contributed by atoms with van der Waals surface area (Å²) in [4.78, 5) is 7.82. The predicted molar refractivity (Wildman–Crippen MR) is 48.5 cm³/mol. The van der Waals surface area contributed by atoms with Crippen molar-refractivity contribution < 1.29 is 9.84 Å². The fraction of sp³-hybridized carbons (Fsp3) is 0.556. The van der Waals surface area contributed by atoms with E-state index in [0.29, 0.717) is 18.0 Å². The van der Waals surface area contributed by atoms with Gasteiger partial charge in [0.15, 0.2) is 0 Å². The van der Waals surface area contributed by atoms with E-state index in [1.54, 1.807) is 6.07 Å². The Hall–Kier alpha value is -1.16. The Kier molecular flexibility index (Phi) is 3.64. The van der Waals surface area contributed by atoms with Crippen molar-refractivity contribution in [1.29, 1.82) is 0 Å². The molecule has 1 atom stereocenters. The fourth-order valence-electron chi connectivity index (χ4n) is 1.07. The lowest BCUT2D eigenvalue weighted by Crippen LogP contribution is -2.01. The van der Waals surface area contributed by atoms with Crippen molar-refractivity contribution in [2.75, 3.05) is 7.11 Å². The molecule has 1 N–H and O–H groups in total. The van der Waals surface area contributed by atoms with Crippen LogP contribution in [0.4, 0.5) is 0 Å². The standard InChI is InChI=1S/C9H14N2O2/c1-3-4-8(12)7-5-9(13-2)11-6-10-7/h5-6,8,12H,3-4H2,1-2H3/t8-/m0/s1. The van der Waals surface area contributed by atoms with Crippen LogP contribution in [-0.2, 0) is 0 Å². The monoisotopic (exact) mass is 182 g/mol. The number of methoxy groups -OCH3 is 1. The first-order chi connectivity index (χ1) is 6.27. The van der Waals surface area contributed by atoms with Crippen LogP contribution in [0.25, 0.3) is 0 Å². The van der Waals surface area contributed by atoms with Crippen molar-refractivity contribution in [3.05, 3.63) is 18.1 Å². The molecule has 13 heavy (non-hydrogen) atoms. The van der Waals surface area contributed by atoms with E-state index < -0.39 is 6.10 Å². The van der Waals surface area contributed by atoms with Crippen LogP contribution >= 0.6 is 0 Å². The second-order valence-corrected chi connectivity index (χ2v) is 2.79. The van der Waals surface area contributed by atoms with Crippen LogP contribution in [0, 0.1) is 0 Å². The molecule has 0 unspecified atom stereocenters. The van der Waals surface area contributed by atoms with Gasteiger partial charge in [-0.3, -0.25) is 0 Å². The average molecular weight is 182 g/mol. The van der Waals surface area contributed by atoms with Crippen LogP contribution in [-0.4, -0.2) is 22.2 Å². The zero-order valence-corrected chi connectivity index (χ0v) is 7.90. The number of aliphatic hydroxyl groups excluding tert-OH is 1. The summed E-state index contributed by atoms with van der Waals surface area (Å²) in [5.74, 6) is 0.486. The highest BCUT2D eigenvalue weighted by Gasteiger charge is 2.08. The first-order valence-electron chi connectivity index (χ1n) is 4.32. The highest BCUT2D eigenvalue weighted by Crippen LogP contribution is 2.17. The molecule has 0 radical (unpaired) electrons. The van der Waals surface area contributed by atoms with Gasteiger partial charge in [0.05, 0.1) is 18.9 Å². The van der Waals surface area contributed by atoms with Gasteiger partial charge in [-0.25, -0.2) is 9.97 Å². The zero-order chi connectivity index (χ0) is 9.68. The maximum atomic E-state index is 9.59. The molecule has 0 bridgehead atoms. The fourth-order valence-corrected chi connectivity index (χ4v) is 1.07. The number of ether oxygens (including phenoxy) is 1. The highest BCUT2D eigenvalue weighted by atomic mass is 16.5.